The summed E-state index contributed by atoms with van der Waals surface area (Å²) in [5.74, 6) is 0.0224. The van der Waals surface area contributed by atoms with Gasteiger partial charge < -0.3 is 10.2 Å². The van der Waals surface area contributed by atoms with E-state index in [1.807, 2.05) is 11.8 Å². The Morgan fingerprint density at radius 2 is 1.95 bits per heavy atom. The molecule has 7 heteroatoms. The van der Waals surface area contributed by atoms with E-state index in [0.29, 0.717) is 12.1 Å². The van der Waals surface area contributed by atoms with Crippen molar-refractivity contribution in [1.82, 2.24) is 10.2 Å². The molecule has 0 spiro atoms. The van der Waals surface area contributed by atoms with E-state index >= 15 is 0 Å². The molecule has 2 rings (SSSR count). The predicted molar refractivity (Wildman–Crippen MR) is 84.8 cm³/mol. The maximum atomic E-state index is 12.4. The molecule has 0 aromatic heterocycles. The third-order valence-corrected chi connectivity index (χ3v) is 5.35. The van der Waals surface area contributed by atoms with Crippen molar-refractivity contribution < 1.29 is 13.2 Å². The van der Waals surface area contributed by atoms with Gasteiger partial charge in [0.05, 0.1) is 10.6 Å². The number of nitrogens with one attached hydrogen (secondary N) is 1. The Kier molecular flexibility index (Phi) is 6.19. The number of carbonyl (C=O) groups is 1. The maximum Gasteiger partial charge on any atom is 0.254 e. The SMILES string of the molecule is CCS(=O)(=O)c1ccc(C(=O)N2CCNC[C@@H]2C)cc1.Cl. The molecule has 1 fully saturated rings. The number of halogens is 1. The van der Waals surface area contributed by atoms with Crippen LogP contribution in [0, 0.1) is 0 Å². The number of benzene rings is 1. The highest BCUT2D eigenvalue weighted by molar-refractivity contribution is 7.91. The van der Waals surface area contributed by atoms with Gasteiger partial charge in [0, 0.05) is 31.2 Å². The van der Waals surface area contributed by atoms with Crippen molar-refractivity contribution in [2.24, 2.45) is 0 Å². The third kappa shape index (κ3) is 3.96. The van der Waals surface area contributed by atoms with E-state index in [4.69, 9.17) is 0 Å². The first-order valence-corrected chi connectivity index (χ1v) is 8.45. The summed E-state index contributed by atoms with van der Waals surface area (Å²) in [5.41, 5.74) is 0.536. The van der Waals surface area contributed by atoms with Crippen LogP contribution in [0.25, 0.3) is 0 Å². The fourth-order valence-electron chi connectivity index (χ4n) is 2.28. The minimum Gasteiger partial charge on any atom is -0.333 e. The van der Waals surface area contributed by atoms with Gasteiger partial charge in [0.15, 0.2) is 9.84 Å². The first-order valence-electron chi connectivity index (χ1n) is 6.80. The highest BCUT2D eigenvalue weighted by Crippen LogP contribution is 2.15. The van der Waals surface area contributed by atoms with E-state index in [1.54, 1.807) is 19.1 Å². The second kappa shape index (κ2) is 7.24. The summed E-state index contributed by atoms with van der Waals surface area (Å²) in [6, 6.07) is 6.37. The van der Waals surface area contributed by atoms with E-state index in [1.165, 1.54) is 12.1 Å². The summed E-state index contributed by atoms with van der Waals surface area (Å²) in [5, 5.41) is 3.23. The van der Waals surface area contributed by atoms with Crippen LogP contribution in [0.1, 0.15) is 24.2 Å². The normalized spacial score (nSPS) is 19.0. The standard InChI is InChI=1S/C14H20N2O3S.ClH/c1-3-20(18,19)13-6-4-12(5-7-13)14(17)16-9-8-15-10-11(16)2;/h4-7,11,15H,3,8-10H2,1-2H3;1H/t11-;/m0./s1. The molecule has 0 radical (unpaired) electrons. The zero-order chi connectivity index (χ0) is 14.8. The van der Waals surface area contributed by atoms with Crippen LogP contribution in [0.15, 0.2) is 29.2 Å². The first-order chi connectivity index (χ1) is 9.45. The Morgan fingerprint density at radius 1 is 1.33 bits per heavy atom. The quantitative estimate of drug-likeness (QED) is 0.907. The van der Waals surface area contributed by atoms with Crippen molar-refractivity contribution in [1.29, 1.82) is 0 Å². The lowest BCUT2D eigenvalue weighted by Crippen LogP contribution is -2.52. The molecular weight excluding hydrogens is 312 g/mol. The molecule has 1 aromatic carbocycles. The Bertz CT molecular complexity index is 587. The highest BCUT2D eigenvalue weighted by Gasteiger charge is 2.24. The Hall–Kier alpha value is -1.11. The van der Waals surface area contributed by atoms with Crippen LogP contribution in [-0.4, -0.2) is 50.7 Å². The number of rotatable bonds is 3. The maximum absolute atomic E-state index is 12.4. The lowest BCUT2D eigenvalue weighted by Gasteiger charge is -2.34. The van der Waals surface area contributed by atoms with Gasteiger partial charge in [-0.15, -0.1) is 12.4 Å². The average molecular weight is 333 g/mol. The van der Waals surface area contributed by atoms with E-state index in [0.717, 1.165) is 13.1 Å². The molecule has 0 saturated carbocycles. The van der Waals surface area contributed by atoms with E-state index in [9.17, 15) is 13.2 Å². The van der Waals surface area contributed by atoms with E-state index < -0.39 is 9.84 Å². The van der Waals surface area contributed by atoms with E-state index in [-0.39, 0.29) is 35.0 Å². The predicted octanol–water partition coefficient (Wildman–Crippen LogP) is 1.34. The van der Waals surface area contributed by atoms with Crippen LogP contribution >= 0.6 is 12.4 Å². The lowest BCUT2D eigenvalue weighted by molar-refractivity contribution is 0.0655. The van der Waals surface area contributed by atoms with Gasteiger partial charge in [0.1, 0.15) is 0 Å². The van der Waals surface area contributed by atoms with Crippen LogP contribution in [0.2, 0.25) is 0 Å². The molecule has 0 unspecified atom stereocenters. The topological polar surface area (TPSA) is 66.5 Å². The summed E-state index contributed by atoms with van der Waals surface area (Å²) in [6.07, 6.45) is 0. The van der Waals surface area contributed by atoms with Crippen molar-refractivity contribution in [3.05, 3.63) is 29.8 Å². The number of piperazine rings is 1. The van der Waals surface area contributed by atoms with Crippen LogP contribution in [-0.2, 0) is 9.84 Å². The van der Waals surface area contributed by atoms with Gasteiger partial charge in [0.2, 0.25) is 0 Å². The Morgan fingerprint density at radius 3 is 2.48 bits per heavy atom. The number of nitrogens with zero attached hydrogens (tertiary/aromatic N) is 1. The van der Waals surface area contributed by atoms with Crippen molar-refractivity contribution in [3.8, 4) is 0 Å². The lowest BCUT2D eigenvalue weighted by atomic mass is 10.1. The van der Waals surface area contributed by atoms with Gasteiger partial charge >= 0.3 is 0 Å². The van der Waals surface area contributed by atoms with Gasteiger partial charge in [0.25, 0.3) is 5.91 Å². The number of hydrogen-bond acceptors (Lipinski definition) is 4. The second-order valence-corrected chi connectivity index (χ2v) is 7.26. The fourth-order valence-corrected chi connectivity index (χ4v) is 3.16. The van der Waals surface area contributed by atoms with Crippen LogP contribution in [0.3, 0.4) is 0 Å². The molecule has 118 valence electrons. The number of carbonyl (C=O) groups excluding carboxylic acids is 1. The minimum absolute atomic E-state index is 0. The number of amides is 1. The van der Waals surface area contributed by atoms with Crippen LogP contribution in [0.5, 0.6) is 0 Å². The van der Waals surface area contributed by atoms with Gasteiger partial charge in [-0.3, -0.25) is 4.79 Å². The molecule has 21 heavy (non-hydrogen) atoms. The number of hydrogen-bond donors (Lipinski definition) is 1. The van der Waals surface area contributed by atoms with Gasteiger partial charge in [-0.25, -0.2) is 8.42 Å². The molecule has 0 aliphatic carbocycles. The molecule has 1 amide bonds. The van der Waals surface area contributed by atoms with Crippen molar-refractivity contribution in [3.63, 3.8) is 0 Å². The van der Waals surface area contributed by atoms with Gasteiger partial charge in [-0.05, 0) is 31.2 Å². The van der Waals surface area contributed by atoms with Crippen molar-refractivity contribution in [2.45, 2.75) is 24.8 Å². The fraction of sp³-hybridized carbons (Fsp3) is 0.500. The van der Waals surface area contributed by atoms with Crippen LogP contribution in [0.4, 0.5) is 0 Å². The summed E-state index contributed by atoms with van der Waals surface area (Å²) in [7, 11) is -3.21. The summed E-state index contributed by atoms with van der Waals surface area (Å²) in [4.78, 5) is 14.5. The molecule has 1 heterocycles. The molecule has 1 atom stereocenters. The Labute approximate surface area is 132 Å². The minimum atomic E-state index is -3.21. The van der Waals surface area contributed by atoms with Gasteiger partial charge in [-0.1, -0.05) is 6.92 Å². The van der Waals surface area contributed by atoms with Crippen molar-refractivity contribution >= 4 is 28.2 Å². The monoisotopic (exact) mass is 332 g/mol. The van der Waals surface area contributed by atoms with Crippen LogP contribution < -0.4 is 5.32 Å². The molecule has 1 saturated heterocycles. The smallest absolute Gasteiger partial charge is 0.254 e. The molecular formula is C14H21ClN2O3S. The highest BCUT2D eigenvalue weighted by atomic mass is 35.5. The van der Waals surface area contributed by atoms with Crippen molar-refractivity contribution in [2.75, 3.05) is 25.4 Å². The zero-order valence-electron chi connectivity index (χ0n) is 12.2. The summed E-state index contributed by atoms with van der Waals surface area (Å²) in [6.45, 7) is 5.86. The first kappa shape index (κ1) is 17.9. The molecule has 0 bridgehead atoms. The Balaban J connectivity index is 0.00000220. The summed E-state index contributed by atoms with van der Waals surface area (Å²) < 4.78 is 23.5. The zero-order valence-corrected chi connectivity index (χ0v) is 13.8. The largest absolute Gasteiger partial charge is 0.333 e. The molecule has 1 aromatic rings. The average Bonchev–Trinajstić information content (AvgIpc) is 2.47. The molecule has 1 N–H and O–H groups in total. The molecule has 5 nitrogen and oxygen atoms in total. The second-order valence-electron chi connectivity index (χ2n) is 4.98. The number of sulfone groups is 1. The summed E-state index contributed by atoms with van der Waals surface area (Å²) >= 11 is 0. The third-order valence-electron chi connectivity index (χ3n) is 3.60. The van der Waals surface area contributed by atoms with Gasteiger partial charge in [-0.2, -0.15) is 0 Å². The molecule has 1 aliphatic heterocycles. The molecule has 1 aliphatic rings. The van der Waals surface area contributed by atoms with E-state index in [2.05, 4.69) is 5.32 Å².